The Morgan fingerprint density at radius 1 is 1.26 bits per heavy atom. The number of ether oxygens (including phenoxy) is 1. The Labute approximate surface area is 226 Å². The van der Waals surface area contributed by atoms with Gasteiger partial charge in [0, 0.05) is 33.4 Å². The highest BCUT2D eigenvalue weighted by Gasteiger charge is 2.39. The van der Waals surface area contributed by atoms with Gasteiger partial charge in [0.1, 0.15) is 16.5 Å². The summed E-state index contributed by atoms with van der Waals surface area (Å²) >= 11 is 0. The van der Waals surface area contributed by atoms with Crippen molar-refractivity contribution in [3.63, 3.8) is 0 Å². The Bertz CT molecular complexity index is 1460. The summed E-state index contributed by atoms with van der Waals surface area (Å²) < 4.78 is 35.4. The monoisotopic (exact) mass is 545 g/mol. The highest BCUT2D eigenvalue weighted by molar-refractivity contribution is 7.90. The number of pyridine rings is 2. The Hall–Kier alpha value is -3.67. The van der Waals surface area contributed by atoms with Crippen LogP contribution < -0.4 is 20.1 Å². The van der Waals surface area contributed by atoms with Gasteiger partial charge in [-0.2, -0.15) is 0 Å². The van der Waals surface area contributed by atoms with Crippen molar-refractivity contribution in [2.24, 2.45) is 11.3 Å². The van der Waals surface area contributed by atoms with E-state index < -0.39 is 15.9 Å². The average molecular weight is 546 g/mol. The van der Waals surface area contributed by atoms with E-state index in [9.17, 15) is 13.2 Å². The molecule has 4 rings (SSSR count). The van der Waals surface area contributed by atoms with Gasteiger partial charge in [-0.05, 0) is 55.9 Å². The lowest BCUT2D eigenvalue weighted by Gasteiger charge is -2.34. The van der Waals surface area contributed by atoms with Gasteiger partial charge in [0.25, 0.3) is 15.9 Å². The molecule has 1 saturated heterocycles. The maximum Gasteiger partial charge on any atom is 0.268 e. The normalized spacial score (nSPS) is 17.4. The molecule has 0 saturated carbocycles. The predicted octanol–water partition coefficient (Wildman–Crippen LogP) is 3.90. The molecule has 0 spiro atoms. The Morgan fingerprint density at radius 2 is 2.00 bits per heavy atom. The van der Waals surface area contributed by atoms with Crippen LogP contribution in [0.25, 0.3) is 5.82 Å². The number of sulfonamides is 1. The topological polar surface area (TPSA) is 145 Å². The molecule has 1 atom stereocenters. The summed E-state index contributed by atoms with van der Waals surface area (Å²) in [5, 5.41) is 4.48. The molecule has 1 aliphatic rings. The van der Waals surface area contributed by atoms with E-state index in [0.29, 0.717) is 36.6 Å². The van der Waals surface area contributed by atoms with Crippen LogP contribution in [-0.2, 0) is 10.0 Å². The number of hydrogen-bond donors (Lipinski definition) is 2. The van der Waals surface area contributed by atoms with Crippen LogP contribution in [0.15, 0.2) is 47.6 Å². The van der Waals surface area contributed by atoms with Crippen molar-refractivity contribution in [3.8, 4) is 11.7 Å². The molecule has 4 heterocycles. The van der Waals surface area contributed by atoms with E-state index in [1.165, 1.54) is 18.3 Å². The van der Waals surface area contributed by atoms with Crippen LogP contribution in [0.5, 0.6) is 5.88 Å². The summed E-state index contributed by atoms with van der Waals surface area (Å²) in [5.74, 6) is 0.646. The number of nitrogen functional groups attached to an aromatic ring is 1. The largest absolute Gasteiger partial charge is 0.476 e. The SMILES string of the molecule is C[C@@H]1CN(c2nc(-n3ccc(OCC(C)(C)C)n3)ccc2C(=O)NS(=O)(=O)c2cccnc2N)C(C)(C)C1.[HH].[HH]. The van der Waals surface area contributed by atoms with Crippen LogP contribution in [0.2, 0.25) is 0 Å². The van der Waals surface area contributed by atoms with E-state index >= 15 is 0 Å². The van der Waals surface area contributed by atoms with Gasteiger partial charge in [0.15, 0.2) is 5.82 Å². The highest BCUT2D eigenvalue weighted by Crippen LogP contribution is 2.37. The molecule has 0 aliphatic carbocycles. The molecule has 1 aliphatic heterocycles. The van der Waals surface area contributed by atoms with Gasteiger partial charge in [0.05, 0.1) is 12.2 Å². The summed E-state index contributed by atoms with van der Waals surface area (Å²) in [6.45, 7) is 13.7. The van der Waals surface area contributed by atoms with Gasteiger partial charge < -0.3 is 15.4 Å². The summed E-state index contributed by atoms with van der Waals surface area (Å²) in [7, 11) is -4.26. The first-order valence-corrected chi connectivity index (χ1v) is 13.9. The number of aromatic nitrogens is 4. The number of nitrogens with two attached hydrogens (primary N) is 1. The number of anilines is 2. The fourth-order valence-electron chi connectivity index (χ4n) is 4.57. The number of rotatable bonds is 7. The molecule has 3 N–H and O–H groups in total. The summed E-state index contributed by atoms with van der Waals surface area (Å²) in [4.78, 5) is 23.8. The molecular weight excluding hydrogens is 506 g/mol. The van der Waals surface area contributed by atoms with E-state index in [4.69, 9.17) is 15.5 Å². The zero-order chi connectivity index (χ0) is 27.9. The second kappa shape index (κ2) is 9.90. The third kappa shape index (κ3) is 5.90. The van der Waals surface area contributed by atoms with Crippen molar-refractivity contribution in [1.29, 1.82) is 0 Å². The number of amides is 1. The van der Waals surface area contributed by atoms with E-state index in [-0.39, 0.29) is 30.1 Å². The lowest BCUT2D eigenvalue weighted by molar-refractivity contribution is 0.0981. The minimum Gasteiger partial charge on any atom is -0.476 e. The van der Waals surface area contributed by atoms with E-state index in [1.807, 2.05) is 4.90 Å². The molecule has 3 aromatic heterocycles. The molecule has 0 aromatic carbocycles. The number of hydrogen-bond acceptors (Lipinski definition) is 9. The first kappa shape index (κ1) is 27.4. The second-order valence-electron chi connectivity index (χ2n) is 11.5. The molecule has 11 nitrogen and oxygen atoms in total. The van der Waals surface area contributed by atoms with Crippen LogP contribution >= 0.6 is 0 Å². The molecule has 0 unspecified atom stereocenters. The van der Waals surface area contributed by atoms with Gasteiger partial charge in [0.2, 0.25) is 5.88 Å². The van der Waals surface area contributed by atoms with E-state index in [1.54, 1.807) is 29.1 Å². The van der Waals surface area contributed by atoms with Crippen molar-refractivity contribution < 1.29 is 20.8 Å². The third-order valence-corrected chi connectivity index (χ3v) is 7.58. The van der Waals surface area contributed by atoms with Gasteiger partial charge >= 0.3 is 0 Å². The van der Waals surface area contributed by atoms with Crippen molar-refractivity contribution in [1.82, 2.24) is 24.5 Å². The zero-order valence-corrected chi connectivity index (χ0v) is 23.4. The summed E-state index contributed by atoms with van der Waals surface area (Å²) in [6.07, 6.45) is 4.00. The average Bonchev–Trinajstić information content (AvgIpc) is 3.39. The van der Waals surface area contributed by atoms with Crippen LogP contribution in [-0.4, -0.2) is 52.8 Å². The van der Waals surface area contributed by atoms with Crippen molar-refractivity contribution in [2.75, 3.05) is 23.8 Å². The Morgan fingerprint density at radius 3 is 2.63 bits per heavy atom. The predicted molar refractivity (Wildman–Crippen MR) is 149 cm³/mol. The van der Waals surface area contributed by atoms with Crippen molar-refractivity contribution >= 4 is 27.6 Å². The second-order valence-corrected chi connectivity index (χ2v) is 13.2. The molecule has 208 valence electrons. The third-order valence-electron chi connectivity index (χ3n) is 6.20. The molecular formula is C26H39N7O4S. The first-order valence-electron chi connectivity index (χ1n) is 12.4. The fraction of sp³-hybridized carbons (Fsp3) is 0.462. The van der Waals surface area contributed by atoms with E-state index in [2.05, 4.69) is 56.3 Å². The molecule has 38 heavy (non-hydrogen) atoms. The van der Waals surface area contributed by atoms with Gasteiger partial charge in [-0.25, -0.2) is 27.8 Å². The lowest BCUT2D eigenvalue weighted by atomic mass is 9.97. The van der Waals surface area contributed by atoms with Crippen molar-refractivity contribution in [2.45, 2.75) is 58.4 Å². The fourth-order valence-corrected chi connectivity index (χ4v) is 5.62. The van der Waals surface area contributed by atoms with Gasteiger partial charge in [-0.15, -0.1) is 5.10 Å². The lowest BCUT2D eigenvalue weighted by Crippen LogP contribution is -2.41. The molecule has 3 aromatic rings. The molecule has 1 amide bonds. The molecule has 0 radical (unpaired) electrons. The first-order chi connectivity index (χ1) is 17.7. The summed E-state index contributed by atoms with van der Waals surface area (Å²) in [6, 6.07) is 7.67. The van der Waals surface area contributed by atoms with Crippen molar-refractivity contribution in [3.05, 3.63) is 48.3 Å². The maximum absolute atomic E-state index is 13.4. The number of carbonyl (C=O) groups is 1. The molecule has 0 bridgehead atoms. The number of carbonyl (C=O) groups excluding carboxylic acids is 1. The minimum absolute atomic E-state index is 0. The number of nitrogens with one attached hydrogen (secondary N) is 1. The minimum atomic E-state index is -4.26. The standard InChI is InChI=1S/C26H35N7O4S.2H2/c1-17-14-26(5,6)32(15-17)23-18(24(34)31-38(35,36)19-8-7-12-28-22(19)27)9-10-20(29-23)33-13-11-21(30-33)37-16-25(2,3)4;;/h7-13,17H,14-16H2,1-6H3,(H2,27,28)(H,31,34);2*1H/t17-;;/m0../s1. The van der Waals surface area contributed by atoms with Crippen LogP contribution in [0.4, 0.5) is 11.6 Å². The smallest absolute Gasteiger partial charge is 0.268 e. The Balaban J connectivity index is 0.00000280. The molecule has 1 fully saturated rings. The highest BCUT2D eigenvalue weighted by atomic mass is 32.2. The summed E-state index contributed by atoms with van der Waals surface area (Å²) in [5.41, 5.74) is 5.54. The van der Waals surface area contributed by atoms with Crippen LogP contribution in [0, 0.1) is 11.3 Å². The molecule has 12 heteroatoms. The number of nitrogens with zero attached hydrogens (tertiary/aromatic N) is 5. The maximum atomic E-state index is 13.4. The zero-order valence-electron chi connectivity index (χ0n) is 22.6. The van der Waals surface area contributed by atoms with E-state index in [0.717, 1.165) is 6.42 Å². The van der Waals surface area contributed by atoms with Gasteiger partial charge in [-0.3, -0.25) is 4.79 Å². The van der Waals surface area contributed by atoms with Crippen LogP contribution in [0.3, 0.4) is 0 Å². The van der Waals surface area contributed by atoms with Crippen LogP contribution in [0.1, 0.15) is 61.2 Å². The Kier molecular flexibility index (Phi) is 7.13. The quantitative estimate of drug-likeness (QED) is 0.451. The van der Waals surface area contributed by atoms with Gasteiger partial charge in [-0.1, -0.05) is 27.7 Å².